The minimum Gasteiger partial charge on any atom is -0.481 e. The van der Waals surface area contributed by atoms with E-state index in [4.69, 9.17) is 4.74 Å². The maximum absolute atomic E-state index is 11.8. The summed E-state index contributed by atoms with van der Waals surface area (Å²) in [6.07, 6.45) is 6.78. The molecule has 2 aliphatic carbocycles. The molecule has 22 heavy (non-hydrogen) atoms. The summed E-state index contributed by atoms with van der Waals surface area (Å²) in [6, 6.07) is 0.110. The second kappa shape index (κ2) is 6.47. The maximum atomic E-state index is 11.8. The number of alkyl carbamates (subject to hydrolysis) is 1. The summed E-state index contributed by atoms with van der Waals surface area (Å²) >= 11 is 0. The number of nitrogens with one attached hydrogen (secondary N) is 1. The van der Waals surface area contributed by atoms with Crippen molar-refractivity contribution in [3.05, 3.63) is 0 Å². The standard InChI is InChI=1S/C17H29NO4/c1-16(2,3)22-15(21)18-13-8-6-12(7-9-13)17(14(19)20)10-4-5-11-17/h12-13H,4-11H2,1-3H3,(H,18,21)(H,19,20). The number of ether oxygens (including phenoxy) is 1. The summed E-state index contributed by atoms with van der Waals surface area (Å²) < 4.78 is 5.28. The van der Waals surface area contributed by atoms with E-state index in [2.05, 4.69) is 5.32 Å². The summed E-state index contributed by atoms with van der Waals surface area (Å²) in [6.45, 7) is 5.54. The van der Waals surface area contributed by atoms with Crippen LogP contribution < -0.4 is 5.32 Å². The molecule has 0 aromatic rings. The van der Waals surface area contributed by atoms with Gasteiger partial charge in [0.1, 0.15) is 5.60 Å². The van der Waals surface area contributed by atoms with Gasteiger partial charge in [-0.25, -0.2) is 4.79 Å². The third kappa shape index (κ3) is 3.93. The Morgan fingerprint density at radius 3 is 2.09 bits per heavy atom. The van der Waals surface area contributed by atoms with Crippen molar-refractivity contribution in [2.24, 2.45) is 11.3 Å². The Bertz CT molecular complexity index is 413. The van der Waals surface area contributed by atoms with Gasteiger partial charge in [-0.1, -0.05) is 12.8 Å². The van der Waals surface area contributed by atoms with E-state index in [1.165, 1.54) is 0 Å². The van der Waals surface area contributed by atoms with Crippen molar-refractivity contribution in [1.82, 2.24) is 5.32 Å². The van der Waals surface area contributed by atoms with Crippen LogP contribution in [-0.2, 0) is 9.53 Å². The Balaban J connectivity index is 1.85. The molecule has 0 bridgehead atoms. The smallest absolute Gasteiger partial charge is 0.407 e. The lowest BCUT2D eigenvalue weighted by atomic mass is 9.67. The van der Waals surface area contributed by atoms with E-state index in [9.17, 15) is 14.7 Å². The fourth-order valence-electron chi connectivity index (χ4n) is 4.07. The van der Waals surface area contributed by atoms with Crippen molar-refractivity contribution >= 4 is 12.1 Å². The average Bonchev–Trinajstić information content (AvgIpc) is 2.87. The zero-order valence-corrected chi connectivity index (χ0v) is 14.0. The van der Waals surface area contributed by atoms with Crippen LogP contribution in [0.2, 0.25) is 0 Å². The molecule has 1 amide bonds. The minimum absolute atomic E-state index is 0.110. The number of hydrogen-bond donors (Lipinski definition) is 2. The second-order valence-corrected chi connectivity index (χ2v) is 7.86. The lowest BCUT2D eigenvalue weighted by Crippen LogP contribution is -2.44. The number of amides is 1. The molecule has 0 spiro atoms. The van der Waals surface area contributed by atoms with Gasteiger partial charge >= 0.3 is 12.1 Å². The summed E-state index contributed by atoms with van der Waals surface area (Å²) in [5.41, 5.74) is -0.991. The van der Waals surface area contributed by atoms with Crippen molar-refractivity contribution < 1.29 is 19.4 Å². The number of aliphatic carboxylic acids is 1. The highest BCUT2D eigenvalue weighted by atomic mass is 16.6. The van der Waals surface area contributed by atoms with E-state index in [1.54, 1.807) is 0 Å². The lowest BCUT2D eigenvalue weighted by Gasteiger charge is -2.39. The van der Waals surface area contributed by atoms with E-state index in [0.717, 1.165) is 51.4 Å². The van der Waals surface area contributed by atoms with Crippen LogP contribution in [0.5, 0.6) is 0 Å². The molecule has 0 atom stereocenters. The Morgan fingerprint density at radius 2 is 1.64 bits per heavy atom. The van der Waals surface area contributed by atoms with Crippen molar-refractivity contribution in [2.75, 3.05) is 0 Å². The molecule has 5 nitrogen and oxygen atoms in total. The molecule has 0 aromatic carbocycles. The van der Waals surface area contributed by atoms with Gasteiger partial charge in [-0.15, -0.1) is 0 Å². The molecule has 2 saturated carbocycles. The van der Waals surface area contributed by atoms with Crippen LogP contribution in [0.4, 0.5) is 4.79 Å². The molecule has 0 saturated heterocycles. The molecule has 126 valence electrons. The molecule has 0 aromatic heterocycles. The van der Waals surface area contributed by atoms with Crippen LogP contribution in [0.25, 0.3) is 0 Å². The predicted molar refractivity (Wildman–Crippen MR) is 83.7 cm³/mol. The van der Waals surface area contributed by atoms with Gasteiger partial charge in [-0.3, -0.25) is 4.79 Å². The van der Waals surface area contributed by atoms with Gasteiger partial charge in [-0.05, 0) is 65.2 Å². The van der Waals surface area contributed by atoms with Gasteiger partial charge in [0, 0.05) is 6.04 Å². The number of rotatable bonds is 3. The first-order chi connectivity index (χ1) is 10.2. The zero-order valence-electron chi connectivity index (χ0n) is 14.0. The molecule has 2 fully saturated rings. The Morgan fingerprint density at radius 1 is 1.09 bits per heavy atom. The third-order valence-corrected chi connectivity index (χ3v) is 5.15. The fraction of sp³-hybridized carbons (Fsp3) is 0.882. The maximum Gasteiger partial charge on any atom is 0.407 e. The largest absolute Gasteiger partial charge is 0.481 e. The predicted octanol–water partition coefficient (Wildman–Crippen LogP) is 3.71. The van der Waals surface area contributed by atoms with Crippen molar-refractivity contribution in [1.29, 1.82) is 0 Å². The van der Waals surface area contributed by atoms with Gasteiger partial charge in [0.25, 0.3) is 0 Å². The molecule has 0 radical (unpaired) electrons. The Kier molecular flexibility index (Phi) is 5.03. The molecule has 0 aliphatic heterocycles. The van der Waals surface area contributed by atoms with Gasteiger partial charge < -0.3 is 15.2 Å². The van der Waals surface area contributed by atoms with E-state index in [-0.39, 0.29) is 18.1 Å². The quantitative estimate of drug-likeness (QED) is 0.833. The number of carbonyl (C=O) groups excluding carboxylic acids is 1. The molecule has 0 unspecified atom stereocenters. The van der Waals surface area contributed by atoms with E-state index in [1.807, 2.05) is 20.8 Å². The highest BCUT2D eigenvalue weighted by molar-refractivity contribution is 5.75. The lowest BCUT2D eigenvalue weighted by molar-refractivity contribution is -0.153. The SMILES string of the molecule is CC(C)(C)OC(=O)NC1CCC(C2(C(=O)O)CCCC2)CC1. The minimum atomic E-state index is -0.617. The van der Waals surface area contributed by atoms with E-state index in [0.29, 0.717) is 0 Å². The van der Waals surface area contributed by atoms with Crippen LogP contribution in [-0.4, -0.2) is 28.8 Å². The molecular weight excluding hydrogens is 282 g/mol. The van der Waals surface area contributed by atoms with E-state index >= 15 is 0 Å². The third-order valence-electron chi connectivity index (χ3n) is 5.15. The second-order valence-electron chi connectivity index (χ2n) is 7.86. The van der Waals surface area contributed by atoms with Crippen LogP contribution >= 0.6 is 0 Å². The molecule has 5 heteroatoms. The average molecular weight is 311 g/mol. The molecule has 0 heterocycles. The van der Waals surface area contributed by atoms with Crippen LogP contribution in [0.1, 0.15) is 72.1 Å². The topological polar surface area (TPSA) is 75.6 Å². The highest BCUT2D eigenvalue weighted by Crippen LogP contribution is 2.49. The summed E-state index contributed by atoms with van der Waals surface area (Å²) in [7, 11) is 0. The number of carboxylic acids is 1. The molecule has 2 rings (SSSR count). The van der Waals surface area contributed by atoms with Gasteiger partial charge in [0.05, 0.1) is 5.41 Å². The first-order valence-corrected chi connectivity index (χ1v) is 8.46. The van der Waals surface area contributed by atoms with Crippen molar-refractivity contribution in [3.8, 4) is 0 Å². The molecule has 2 N–H and O–H groups in total. The van der Waals surface area contributed by atoms with Crippen LogP contribution in [0.15, 0.2) is 0 Å². The monoisotopic (exact) mass is 311 g/mol. The Hall–Kier alpha value is -1.26. The summed E-state index contributed by atoms with van der Waals surface area (Å²) in [4.78, 5) is 23.6. The van der Waals surface area contributed by atoms with Crippen LogP contribution in [0.3, 0.4) is 0 Å². The van der Waals surface area contributed by atoms with Crippen molar-refractivity contribution in [2.45, 2.75) is 83.8 Å². The van der Waals surface area contributed by atoms with Gasteiger partial charge in [0.15, 0.2) is 0 Å². The number of carboxylic acid groups (broad SMARTS) is 1. The van der Waals surface area contributed by atoms with Crippen LogP contribution in [0, 0.1) is 11.3 Å². The molecular formula is C17H29NO4. The number of carbonyl (C=O) groups is 2. The van der Waals surface area contributed by atoms with E-state index < -0.39 is 17.0 Å². The summed E-state index contributed by atoms with van der Waals surface area (Å²) in [5, 5.41) is 12.6. The number of hydrogen-bond acceptors (Lipinski definition) is 3. The fourth-order valence-corrected chi connectivity index (χ4v) is 4.07. The first kappa shape index (κ1) is 17.1. The Labute approximate surface area is 132 Å². The molecule has 2 aliphatic rings. The summed E-state index contributed by atoms with van der Waals surface area (Å²) in [5.74, 6) is -0.363. The van der Waals surface area contributed by atoms with Gasteiger partial charge in [0.2, 0.25) is 0 Å². The zero-order chi connectivity index (χ0) is 16.4. The highest BCUT2D eigenvalue weighted by Gasteiger charge is 2.48. The van der Waals surface area contributed by atoms with Gasteiger partial charge in [-0.2, -0.15) is 0 Å². The van der Waals surface area contributed by atoms with Crippen molar-refractivity contribution in [3.63, 3.8) is 0 Å². The first-order valence-electron chi connectivity index (χ1n) is 8.46. The normalized spacial score (nSPS) is 28.1.